The Bertz CT molecular complexity index is 659. The predicted octanol–water partition coefficient (Wildman–Crippen LogP) is 3.56. The minimum atomic E-state index is -1.15. The fourth-order valence-electron chi connectivity index (χ4n) is 4.06. The number of halogens is 1. The van der Waals surface area contributed by atoms with Crippen LogP contribution in [0.1, 0.15) is 29.9 Å². The van der Waals surface area contributed by atoms with E-state index in [0.717, 1.165) is 19.6 Å². The van der Waals surface area contributed by atoms with Gasteiger partial charge >= 0.3 is 0 Å². The Labute approximate surface area is 137 Å². The van der Waals surface area contributed by atoms with E-state index in [9.17, 15) is 4.39 Å². The highest BCUT2D eigenvalue weighted by molar-refractivity contribution is 5.78. The number of fused-ring (bicyclic) bond motifs is 3. The van der Waals surface area contributed by atoms with Crippen molar-refractivity contribution in [2.45, 2.75) is 24.4 Å². The Kier molecular flexibility index (Phi) is 3.70. The number of alkyl halides is 1. The third-order valence-electron chi connectivity index (χ3n) is 5.52. The predicted molar refractivity (Wildman–Crippen MR) is 92.3 cm³/mol. The van der Waals surface area contributed by atoms with Gasteiger partial charge in [-0.25, -0.2) is 4.39 Å². The molecule has 0 spiro atoms. The van der Waals surface area contributed by atoms with E-state index in [-0.39, 0.29) is 6.54 Å². The Morgan fingerprint density at radius 1 is 0.957 bits per heavy atom. The van der Waals surface area contributed by atoms with E-state index in [0.29, 0.717) is 18.8 Å². The summed E-state index contributed by atoms with van der Waals surface area (Å²) in [7, 11) is 0. The van der Waals surface area contributed by atoms with Crippen molar-refractivity contribution in [2.24, 2.45) is 5.73 Å². The van der Waals surface area contributed by atoms with E-state index >= 15 is 0 Å². The molecule has 2 nitrogen and oxygen atoms in total. The number of hydrogen-bond donors (Lipinski definition) is 1. The van der Waals surface area contributed by atoms with E-state index in [2.05, 4.69) is 53.4 Å². The normalized spacial score (nSPS) is 20.3. The highest BCUT2D eigenvalue weighted by atomic mass is 19.1. The molecule has 0 unspecified atom stereocenters. The molecule has 2 N–H and O–H groups in total. The number of nitrogens with two attached hydrogens (primary N) is 1. The van der Waals surface area contributed by atoms with E-state index in [4.69, 9.17) is 5.73 Å². The fourth-order valence-corrected chi connectivity index (χ4v) is 4.06. The van der Waals surface area contributed by atoms with Gasteiger partial charge in [0.1, 0.15) is 5.67 Å². The van der Waals surface area contributed by atoms with Gasteiger partial charge in [0.2, 0.25) is 0 Å². The van der Waals surface area contributed by atoms with Gasteiger partial charge in [-0.3, -0.25) is 0 Å². The van der Waals surface area contributed by atoms with Gasteiger partial charge in [-0.1, -0.05) is 48.5 Å². The molecule has 1 aliphatic carbocycles. The van der Waals surface area contributed by atoms with Gasteiger partial charge in [0.15, 0.2) is 0 Å². The third-order valence-corrected chi connectivity index (χ3v) is 5.52. The third kappa shape index (κ3) is 2.58. The van der Waals surface area contributed by atoms with Gasteiger partial charge in [-0.15, -0.1) is 0 Å². The second-order valence-corrected chi connectivity index (χ2v) is 6.88. The van der Waals surface area contributed by atoms with Gasteiger partial charge in [-0.05, 0) is 35.1 Å². The molecular formula is C20H23FN2. The summed E-state index contributed by atoms with van der Waals surface area (Å²) in [4.78, 5) is 2.40. The van der Waals surface area contributed by atoms with Gasteiger partial charge < -0.3 is 10.6 Å². The van der Waals surface area contributed by atoms with Crippen LogP contribution in [0.3, 0.4) is 0 Å². The fraction of sp³-hybridized carbons (Fsp3) is 0.400. The molecule has 1 saturated heterocycles. The zero-order valence-corrected chi connectivity index (χ0v) is 13.3. The second kappa shape index (κ2) is 5.73. The molecule has 4 rings (SSSR count). The van der Waals surface area contributed by atoms with Gasteiger partial charge in [0.25, 0.3) is 0 Å². The lowest BCUT2D eigenvalue weighted by Crippen LogP contribution is -2.46. The molecule has 23 heavy (non-hydrogen) atoms. The molecule has 0 atom stereocenters. The van der Waals surface area contributed by atoms with E-state index in [1.54, 1.807) is 0 Å². The first kappa shape index (κ1) is 14.9. The average molecular weight is 310 g/mol. The molecule has 0 aromatic heterocycles. The van der Waals surface area contributed by atoms with Crippen LogP contribution >= 0.6 is 0 Å². The monoisotopic (exact) mass is 310 g/mol. The molecule has 2 aliphatic rings. The van der Waals surface area contributed by atoms with Crippen molar-refractivity contribution in [3.8, 4) is 11.1 Å². The van der Waals surface area contributed by atoms with Crippen molar-refractivity contribution in [1.82, 2.24) is 4.90 Å². The molecule has 0 bridgehead atoms. The molecular weight excluding hydrogens is 287 g/mol. The van der Waals surface area contributed by atoms with Crippen molar-refractivity contribution < 1.29 is 4.39 Å². The Morgan fingerprint density at radius 2 is 1.48 bits per heavy atom. The van der Waals surface area contributed by atoms with Crippen molar-refractivity contribution >= 4 is 0 Å². The minimum Gasteiger partial charge on any atom is -0.328 e. The van der Waals surface area contributed by atoms with E-state index in [1.165, 1.54) is 22.3 Å². The van der Waals surface area contributed by atoms with Crippen LogP contribution < -0.4 is 5.73 Å². The first-order chi connectivity index (χ1) is 11.2. The largest absolute Gasteiger partial charge is 0.328 e. The maximum Gasteiger partial charge on any atom is 0.125 e. The Balaban J connectivity index is 1.58. The summed E-state index contributed by atoms with van der Waals surface area (Å²) in [6, 6.07) is 17.4. The first-order valence-corrected chi connectivity index (χ1v) is 8.50. The van der Waals surface area contributed by atoms with Gasteiger partial charge in [0.05, 0.1) is 0 Å². The summed E-state index contributed by atoms with van der Waals surface area (Å²) in [5.74, 6) is 0.396. The van der Waals surface area contributed by atoms with Crippen molar-refractivity contribution in [3.05, 3.63) is 59.7 Å². The summed E-state index contributed by atoms with van der Waals surface area (Å²) in [6.45, 7) is 2.72. The van der Waals surface area contributed by atoms with Crippen LogP contribution in [-0.4, -0.2) is 36.7 Å². The molecule has 0 saturated carbocycles. The van der Waals surface area contributed by atoms with Crippen molar-refractivity contribution in [1.29, 1.82) is 0 Å². The molecule has 0 amide bonds. The van der Waals surface area contributed by atoms with Gasteiger partial charge in [-0.2, -0.15) is 0 Å². The maximum atomic E-state index is 14.3. The van der Waals surface area contributed by atoms with E-state index < -0.39 is 5.67 Å². The van der Waals surface area contributed by atoms with Crippen LogP contribution in [-0.2, 0) is 0 Å². The van der Waals surface area contributed by atoms with Gasteiger partial charge in [0, 0.05) is 32.1 Å². The van der Waals surface area contributed by atoms with Crippen LogP contribution in [0.4, 0.5) is 4.39 Å². The number of likely N-dealkylation sites (tertiary alicyclic amines) is 1. The lowest BCUT2D eigenvalue weighted by atomic mass is 9.91. The summed E-state index contributed by atoms with van der Waals surface area (Å²) < 4.78 is 14.3. The summed E-state index contributed by atoms with van der Waals surface area (Å²) in [5, 5.41) is 0. The van der Waals surface area contributed by atoms with Crippen LogP contribution in [0.5, 0.6) is 0 Å². The number of hydrogen-bond acceptors (Lipinski definition) is 2. The zero-order chi connectivity index (χ0) is 15.9. The minimum absolute atomic E-state index is 0.149. The van der Waals surface area contributed by atoms with Crippen LogP contribution in [0.2, 0.25) is 0 Å². The van der Waals surface area contributed by atoms with Crippen LogP contribution in [0.25, 0.3) is 11.1 Å². The smallest absolute Gasteiger partial charge is 0.125 e. The topological polar surface area (TPSA) is 29.3 Å². The highest BCUT2D eigenvalue weighted by Crippen LogP contribution is 2.45. The SMILES string of the molecule is NCC1(F)CCN(CC2c3ccccc3-c3ccccc32)CC1. The van der Waals surface area contributed by atoms with Crippen molar-refractivity contribution in [3.63, 3.8) is 0 Å². The lowest BCUT2D eigenvalue weighted by molar-refractivity contribution is 0.0643. The zero-order valence-electron chi connectivity index (χ0n) is 13.3. The first-order valence-electron chi connectivity index (χ1n) is 8.50. The molecule has 3 heteroatoms. The number of benzene rings is 2. The number of piperidine rings is 1. The summed E-state index contributed by atoms with van der Waals surface area (Å²) >= 11 is 0. The number of nitrogens with zero attached hydrogens (tertiary/aromatic N) is 1. The Morgan fingerprint density at radius 3 is 2.00 bits per heavy atom. The lowest BCUT2D eigenvalue weighted by Gasteiger charge is -2.37. The molecule has 2 aromatic rings. The molecule has 1 heterocycles. The molecule has 2 aromatic carbocycles. The number of rotatable bonds is 3. The highest BCUT2D eigenvalue weighted by Gasteiger charge is 2.35. The van der Waals surface area contributed by atoms with Crippen LogP contribution in [0.15, 0.2) is 48.5 Å². The summed E-state index contributed by atoms with van der Waals surface area (Å²) in [6.07, 6.45) is 1.11. The average Bonchev–Trinajstić information content (AvgIpc) is 2.92. The quantitative estimate of drug-likeness (QED) is 0.939. The molecule has 1 aliphatic heterocycles. The standard InChI is InChI=1S/C20H23FN2/c21-20(14-22)9-11-23(12-10-20)13-19-17-7-3-1-5-15(17)16-6-2-4-8-18(16)19/h1-8,19H,9-14,22H2. The van der Waals surface area contributed by atoms with E-state index in [1.807, 2.05) is 0 Å². The maximum absolute atomic E-state index is 14.3. The summed E-state index contributed by atoms with van der Waals surface area (Å²) in [5.41, 5.74) is 9.95. The van der Waals surface area contributed by atoms with Crippen molar-refractivity contribution in [2.75, 3.05) is 26.2 Å². The molecule has 1 fully saturated rings. The molecule has 0 radical (unpaired) electrons. The molecule has 120 valence electrons. The van der Waals surface area contributed by atoms with Crippen LogP contribution in [0, 0.1) is 0 Å². The second-order valence-electron chi connectivity index (χ2n) is 6.88. The Hall–Kier alpha value is -1.71.